The van der Waals surface area contributed by atoms with Gasteiger partial charge in [-0.1, -0.05) is 6.07 Å². The molecule has 0 bridgehead atoms. The van der Waals surface area contributed by atoms with Crippen LogP contribution in [0.5, 0.6) is 0 Å². The van der Waals surface area contributed by atoms with Gasteiger partial charge in [0.05, 0.1) is 22.8 Å². The average molecular weight is 352 g/mol. The maximum atomic E-state index is 14.1. The Hall–Kier alpha value is -2.76. The Kier molecular flexibility index (Phi) is 3.98. The number of pyridine rings is 1. The van der Waals surface area contributed by atoms with Gasteiger partial charge in [0.15, 0.2) is 5.65 Å². The summed E-state index contributed by atoms with van der Waals surface area (Å²) < 4.78 is 15.9. The molecule has 2 aromatic heterocycles. The SMILES string of the molecule is Cc1ccc(NC(=O)c2cc(C3CC3)nc3c2cnn3C(C)C)c(F)c1. The highest BCUT2D eigenvalue weighted by atomic mass is 19.1. The first kappa shape index (κ1) is 16.7. The van der Waals surface area contributed by atoms with Crippen molar-refractivity contribution in [3.05, 3.63) is 53.1 Å². The molecule has 4 rings (SSSR count). The zero-order valence-electron chi connectivity index (χ0n) is 15.1. The number of nitrogens with zero attached hydrogens (tertiary/aromatic N) is 3. The van der Waals surface area contributed by atoms with Crippen molar-refractivity contribution in [2.45, 2.75) is 45.6 Å². The highest BCUT2D eigenvalue weighted by Crippen LogP contribution is 2.40. The maximum absolute atomic E-state index is 14.1. The molecule has 0 radical (unpaired) electrons. The van der Waals surface area contributed by atoms with Gasteiger partial charge >= 0.3 is 0 Å². The van der Waals surface area contributed by atoms with Gasteiger partial charge < -0.3 is 5.32 Å². The molecule has 26 heavy (non-hydrogen) atoms. The molecule has 0 atom stereocenters. The molecule has 1 fully saturated rings. The first-order valence-electron chi connectivity index (χ1n) is 8.89. The fraction of sp³-hybridized carbons (Fsp3) is 0.350. The number of carbonyl (C=O) groups excluding carboxylic acids is 1. The molecule has 1 aromatic carbocycles. The van der Waals surface area contributed by atoms with E-state index < -0.39 is 5.82 Å². The van der Waals surface area contributed by atoms with E-state index in [4.69, 9.17) is 4.98 Å². The van der Waals surface area contributed by atoms with Gasteiger partial charge in [-0.3, -0.25) is 4.79 Å². The Bertz CT molecular complexity index is 1000. The van der Waals surface area contributed by atoms with Gasteiger partial charge in [0, 0.05) is 17.7 Å². The smallest absolute Gasteiger partial charge is 0.256 e. The molecule has 6 heteroatoms. The Balaban J connectivity index is 1.78. The summed E-state index contributed by atoms with van der Waals surface area (Å²) in [6, 6.07) is 6.73. The van der Waals surface area contributed by atoms with Gasteiger partial charge in [-0.15, -0.1) is 0 Å². The molecule has 1 aliphatic carbocycles. The molecule has 5 nitrogen and oxygen atoms in total. The first-order chi connectivity index (χ1) is 12.4. The topological polar surface area (TPSA) is 59.8 Å². The van der Waals surface area contributed by atoms with Gasteiger partial charge in [-0.05, 0) is 57.4 Å². The van der Waals surface area contributed by atoms with Crippen molar-refractivity contribution in [1.82, 2.24) is 14.8 Å². The zero-order valence-corrected chi connectivity index (χ0v) is 15.1. The van der Waals surface area contributed by atoms with E-state index in [1.54, 1.807) is 18.3 Å². The number of benzene rings is 1. The second-order valence-electron chi connectivity index (χ2n) is 7.23. The van der Waals surface area contributed by atoms with Crippen LogP contribution in [0, 0.1) is 12.7 Å². The van der Waals surface area contributed by atoms with E-state index in [-0.39, 0.29) is 17.6 Å². The van der Waals surface area contributed by atoms with Crippen LogP contribution in [0.15, 0.2) is 30.5 Å². The van der Waals surface area contributed by atoms with Gasteiger partial charge in [0.1, 0.15) is 5.82 Å². The second kappa shape index (κ2) is 6.20. The lowest BCUT2D eigenvalue weighted by Gasteiger charge is -2.11. The van der Waals surface area contributed by atoms with Gasteiger partial charge in [0.2, 0.25) is 0 Å². The minimum absolute atomic E-state index is 0.139. The number of hydrogen-bond acceptors (Lipinski definition) is 3. The fourth-order valence-electron chi connectivity index (χ4n) is 3.10. The molecule has 0 unspecified atom stereocenters. The Morgan fingerprint density at radius 3 is 2.73 bits per heavy atom. The second-order valence-corrected chi connectivity index (χ2v) is 7.23. The summed E-state index contributed by atoms with van der Waals surface area (Å²) >= 11 is 0. The third-order valence-electron chi connectivity index (χ3n) is 4.69. The molecule has 1 aliphatic rings. The molecule has 2 heterocycles. The van der Waals surface area contributed by atoms with Crippen molar-refractivity contribution < 1.29 is 9.18 Å². The zero-order chi connectivity index (χ0) is 18.4. The summed E-state index contributed by atoms with van der Waals surface area (Å²) in [6.07, 6.45) is 3.84. The Morgan fingerprint density at radius 2 is 2.08 bits per heavy atom. The standard InChI is InChI=1S/C20H21FN4O/c1-11(2)25-19-15(10-22-25)14(9-18(23-19)13-5-6-13)20(26)24-17-7-4-12(3)8-16(17)21/h4,7-11,13H,5-6H2,1-3H3,(H,24,26). The Labute approximate surface area is 151 Å². The normalized spacial score (nSPS) is 14.2. The van der Waals surface area contributed by atoms with Crippen molar-refractivity contribution in [1.29, 1.82) is 0 Å². The first-order valence-corrected chi connectivity index (χ1v) is 8.89. The highest BCUT2D eigenvalue weighted by Gasteiger charge is 2.28. The number of rotatable bonds is 4. The fourth-order valence-corrected chi connectivity index (χ4v) is 3.10. The number of nitrogens with one attached hydrogen (secondary N) is 1. The number of hydrogen-bond donors (Lipinski definition) is 1. The minimum atomic E-state index is -0.441. The third-order valence-corrected chi connectivity index (χ3v) is 4.69. The van der Waals surface area contributed by atoms with Crippen molar-refractivity contribution in [3.63, 3.8) is 0 Å². The van der Waals surface area contributed by atoms with Crippen LogP contribution >= 0.6 is 0 Å². The number of fused-ring (bicyclic) bond motifs is 1. The van der Waals surface area contributed by atoms with E-state index in [0.29, 0.717) is 22.5 Å². The molecule has 3 aromatic rings. The molecule has 1 amide bonds. The quantitative estimate of drug-likeness (QED) is 0.747. The van der Waals surface area contributed by atoms with Crippen LogP contribution in [0.3, 0.4) is 0 Å². The van der Waals surface area contributed by atoms with Crippen molar-refractivity contribution in [2.75, 3.05) is 5.32 Å². The van der Waals surface area contributed by atoms with Gasteiger partial charge in [0.25, 0.3) is 5.91 Å². The molecule has 1 N–H and O–H groups in total. The van der Waals surface area contributed by atoms with Crippen LogP contribution in [-0.2, 0) is 0 Å². The van der Waals surface area contributed by atoms with Crippen molar-refractivity contribution in [2.24, 2.45) is 0 Å². The lowest BCUT2D eigenvalue weighted by molar-refractivity contribution is 0.102. The summed E-state index contributed by atoms with van der Waals surface area (Å²) in [5, 5.41) is 7.78. The van der Waals surface area contributed by atoms with E-state index in [2.05, 4.69) is 10.4 Å². The van der Waals surface area contributed by atoms with Crippen molar-refractivity contribution >= 4 is 22.6 Å². The summed E-state index contributed by atoms with van der Waals surface area (Å²) in [5.41, 5.74) is 3.09. The monoisotopic (exact) mass is 352 g/mol. The number of aryl methyl sites for hydroxylation is 1. The van der Waals surface area contributed by atoms with Gasteiger partial charge in [-0.2, -0.15) is 5.10 Å². The van der Waals surface area contributed by atoms with E-state index in [9.17, 15) is 9.18 Å². The molecule has 0 saturated heterocycles. The summed E-state index contributed by atoms with van der Waals surface area (Å²) in [6.45, 7) is 5.86. The van der Waals surface area contributed by atoms with E-state index in [0.717, 1.165) is 24.1 Å². The van der Waals surface area contributed by atoms with E-state index in [1.165, 1.54) is 6.07 Å². The number of halogens is 1. The summed E-state index contributed by atoms with van der Waals surface area (Å²) in [7, 11) is 0. The summed E-state index contributed by atoms with van der Waals surface area (Å²) in [4.78, 5) is 17.6. The third kappa shape index (κ3) is 2.96. The Morgan fingerprint density at radius 1 is 1.31 bits per heavy atom. The van der Waals surface area contributed by atoms with E-state index >= 15 is 0 Å². The van der Waals surface area contributed by atoms with Crippen LogP contribution in [0.4, 0.5) is 10.1 Å². The van der Waals surface area contributed by atoms with Gasteiger partial charge in [-0.25, -0.2) is 14.1 Å². The molecule has 0 aliphatic heterocycles. The number of anilines is 1. The molecular formula is C20H21FN4O. The number of carbonyl (C=O) groups is 1. The predicted molar refractivity (Wildman–Crippen MR) is 99.0 cm³/mol. The number of amides is 1. The van der Waals surface area contributed by atoms with Crippen LogP contribution in [-0.4, -0.2) is 20.7 Å². The summed E-state index contributed by atoms with van der Waals surface area (Å²) in [5.74, 6) is -0.383. The molecule has 0 spiro atoms. The molecule has 1 saturated carbocycles. The van der Waals surface area contributed by atoms with Crippen molar-refractivity contribution in [3.8, 4) is 0 Å². The molecular weight excluding hydrogens is 331 g/mol. The number of aromatic nitrogens is 3. The minimum Gasteiger partial charge on any atom is -0.319 e. The average Bonchev–Trinajstić information content (AvgIpc) is 3.35. The lowest BCUT2D eigenvalue weighted by Crippen LogP contribution is -2.15. The van der Waals surface area contributed by atoms with Crippen LogP contribution in [0.1, 0.15) is 60.3 Å². The van der Waals surface area contributed by atoms with Crippen LogP contribution in [0.25, 0.3) is 11.0 Å². The maximum Gasteiger partial charge on any atom is 0.256 e. The largest absolute Gasteiger partial charge is 0.319 e. The van der Waals surface area contributed by atoms with Crippen LogP contribution in [0.2, 0.25) is 0 Å². The highest BCUT2D eigenvalue weighted by molar-refractivity contribution is 6.12. The predicted octanol–water partition coefficient (Wildman–Crippen LogP) is 4.59. The lowest BCUT2D eigenvalue weighted by atomic mass is 10.1. The van der Waals surface area contributed by atoms with Crippen LogP contribution < -0.4 is 5.32 Å². The molecule has 134 valence electrons. The van der Waals surface area contributed by atoms with E-state index in [1.807, 2.05) is 31.5 Å².